The lowest BCUT2D eigenvalue weighted by Gasteiger charge is -2.23. The van der Waals surface area contributed by atoms with E-state index in [0.717, 1.165) is 42.0 Å². The molecule has 1 aromatic heterocycles. The van der Waals surface area contributed by atoms with E-state index in [9.17, 15) is 0 Å². The number of hydrogen-bond donors (Lipinski definition) is 0. The summed E-state index contributed by atoms with van der Waals surface area (Å²) in [6, 6.07) is 12.6. The number of furan rings is 1. The highest BCUT2D eigenvalue weighted by molar-refractivity contribution is 5.81. The number of methoxy groups -OCH3 is 2. The van der Waals surface area contributed by atoms with Crippen molar-refractivity contribution in [2.45, 2.75) is 12.3 Å². The molecule has 0 N–H and O–H groups in total. The average Bonchev–Trinajstić information content (AvgIpc) is 3.05. The van der Waals surface area contributed by atoms with Crippen molar-refractivity contribution in [3.05, 3.63) is 59.4 Å². The number of benzene rings is 2. The van der Waals surface area contributed by atoms with Gasteiger partial charge in [0.1, 0.15) is 5.58 Å². The van der Waals surface area contributed by atoms with Crippen molar-refractivity contribution in [3.8, 4) is 11.5 Å². The number of para-hydroxylation sites is 1. The van der Waals surface area contributed by atoms with Gasteiger partial charge in [-0.15, -0.1) is 0 Å². The van der Waals surface area contributed by atoms with Gasteiger partial charge < -0.3 is 18.8 Å². The molecule has 0 amide bonds. The Labute approximate surface area is 148 Å². The van der Waals surface area contributed by atoms with E-state index in [-0.39, 0.29) is 5.92 Å². The van der Waals surface area contributed by atoms with E-state index >= 15 is 0 Å². The number of rotatable bonds is 3. The van der Waals surface area contributed by atoms with E-state index in [2.05, 4.69) is 36.2 Å². The van der Waals surface area contributed by atoms with Gasteiger partial charge in [0.25, 0.3) is 0 Å². The number of fused-ring (bicyclic) bond motifs is 2. The molecule has 0 bridgehead atoms. The highest BCUT2D eigenvalue weighted by Gasteiger charge is 2.28. The van der Waals surface area contributed by atoms with Crippen LogP contribution in [0.4, 0.5) is 0 Å². The van der Waals surface area contributed by atoms with Crippen molar-refractivity contribution < 1.29 is 13.9 Å². The zero-order valence-electron chi connectivity index (χ0n) is 14.9. The molecule has 0 saturated heterocycles. The van der Waals surface area contributed by atoms with Crippen LogP contribution in [0.3, 0.4) is 0 Å². The number of likely N-dealkylation sites (N-methyl/N-ethyl adjacent to an activating group) is 1. The van der Waals surface area contributed by atoms with Crippen LogP contribution in [0, 0.1) is 0 Å². The highest BCUT2D eigenvalue weighted by atomic mass is 16.5. The lowest BCUT2D eigenvalue weighted by molar-refractivity contribution is 0.334. The summed E-state index contributed by atoms with van der Waals surface area (Å²) >= 11 is 0. The molecule has 2 aromatic carbocycles. The lowest BCUT2D eigenvalue weighted by atomic mass is 9.86. The van der Waals surface area contributed by atoms with E-state index in [1.165, 1.54) is 16.7 Å². The van der Waals surface area contributed by atoms with Crippen LogP contribution in [0.1, 0.15) is 22.6 Å². The lowest BCUT2D eigenvalue weighted by Crippen LogP contribution is -2.24. The van der Waals surface area contributed by atoms with Crippen molar-refractivity contribution in [2.75, 3.05) is 34.4 Å². The summed E-state index contributed by atoms with van der Waals surface area (Å²) in [6.45, 7) is 1.93. The first-order valence-corrected chi connectivity index (χ1v) is 8.61. The topological polar surface area (TPSA) is 34.8 Å². The summed E-state index contributed by atoms with van der Waals surface area (Å²) in [5.74, 6) is 1.88. The van der Waals surface area contributed by atoms with Crippen LogP contribution in [0.2, 0.25) is 0 Å². The maximum Gasteiger partial charge on any atom is 0.164 e. The first-order valence-electron chi connectivity index (χ1n) is 8.61. The summed E-state index contributed by atoms with van der Waals surface area (Å²) in [7, 11) is 5.58. The molecule has 1 atom stereocenters. The Balaban J connectivity index is 1.93. The van der Waals surface area contributed by atoms with E-state index in [1.807, 2.05) is 12.1 Å². The zero-order chi connectivity index (χ0) is 17.4. The molecule has 130 valence electrons. The number of ether oxygens (including phenoxy) is 2. The van der Waals surface area contributed by atoms with Crippen molar-refractivity contribution in [1.29, 1.82) is 0 Å². The molecule has 4 heteroatoms. The molecule has 0 saturated carbocycles. The van der Waals surface area contributed by atoms with Crippen LogP contribution in [0.5, 0.6) is 11.5 Å². The Morgan fingerprint density at radius 1 is 1.04 bits per heavy atom. The second-order valence-electron chi connectivity index (χ2n) is 6.62. The largest absolute Gasteiger partial charge is 0.493 e. The van der Waals surface area contributed by atoms with Gasteiger partial charge in [-0.1, -0.05) is 24.3 Å². The minimum atomic E-state index is 0.233. The van der Waals surface area contributed by atoms with Crippen LogP contribution in [-0.4, -0.2) is 39.3 Å². The minimum absolute atomic E-state index is 0.233. The van der Waals surface area contributed by atoms with Crippen molar-refractivity contribution in [1.82, 2.24) is 4.90 Å². The maximum absolute atomic E-state index is 5.82. The predicted octanol–water partition coefficient (Wildman–Crippen LogP) is 4.07. The Bertz CT molecular complexity index is 899. The van der Waals surface area contributed by atoms with Crippen molar-refractivity contribution in [3.63, 3.8) is 0 Å². The summed E-state index contributed by atoms with van der Waals surface area (Å²) in [4.78, 5) is 2.37. The second kappa shape index (κ2) is 6.45. The molecule has 4 nitrogen and oxygen atoms in total. The second-order valence-corrected chi connectivity index (χ2v) is 6.62. The molecule has 3 aromatic rings. The Morgan fingerprint density at radius 3 is 2.72 bits per heavy atom. The third-order valence-corrected chi connectivity index (χ3v) is 5.18. The molecule has 0 spiro atoms. The van der Waals surface area contributed by atoms with Crippen molar-refractivity contribution >= 4 is 11.0 Å². The molecule has 1 aliphatic rings. The molecular weight excluding hydrogens is 314 g/mol. The average molecular weight is 337 g/mol. The Hall–Kier alpha value is -2.46. The third kappa shape index (κ3) is 2.67. The van der Waals surface area contributed by atoms with Crippen molar-refractivity contribution in [2.24, 2.45) is 0 Å². The molecule has 25 heavy (non-hydrogen) atoms. The smallest absolute Gasteiger partial charge is 0.164 e. The summed E-state index contributed by atoms with van der Waals surface area (Å²) in [5, 5.41) is 1.14. The van der Waals surface area contributed by atoms with Crippen LogP contribution in [-0.2, 0) is 6.42 Å². The van der Waals surface area contributed by atoms with Gasteiger partial charge in [-0.3, -0.25) is 0 Å². The first kappa shape index (κ1) is 16.0. The van der Waals surface area contributed by atoms with Gasteiger partial charge in [0.15, 0.2) is 11.5 Å². The molecule has 0 aliphatic carbocycles. The fourth-order valence-corrected chi connectivity index (χ4v) is 3.95. The normalized spacial score (nSPS) is 18.0. The van der Waals surface area contributed by atoms with Gasteiger partial charge in [-0.05, 0) is 31.2 Å². The fraction of sp³-hybridized carbons (Fsp3) is 0.333. The predicted molar refractivity (Wildman–Crippen MR) is 98.8 cm³/mol. The van der Waals surface area contributed by atoms with Gasteiger partial charge in [-0.2, -0.15) is 0 Å². The first-order chi connectivity index (χ1) is 12.2. The maximum atomic E-state index is 5.82. The Kier molecular flexibility index (Phi) is 4.14. The fourth-order valence-electron chi connectivity index (χ4n) is 3.95. The molecule has 0 fully saturated rings. The van der Waals surface area contributed by atoms with Gasteiger partial charge in [0, 0.05) is 35.5 Å². The van der Waals surface area contributed by atoms with Gasteiger partial charge in [-0.25, -0.2) is 0 Å². The van der Waals surface area contributed by atoms with E-state index in [4.69, 9.17) is 13.9 Å². The number of hydrogen-bond acceptors (Lipinski definition) is 4. The van der Waals surface area contributed by atoms with Crippen LogP contribution < -0.4 is 9.47 Å². The molecular formula is C21H23NO3. The monoisotopic (exact) mass is 337 g/mol. The molecule has 1 unspecified atom stereocenters. The van der Waals surface area contributed by atoms with Crippen LogP contribution >= 0.6 is 0 Å². The number of nitrogens with zero attached hydrogens (tertiary/aromatic N) is 1. The minimum Gasteiger partial charge on any atom is -0.493 e. The van der Waals surface area contributed by atoms with E-state index < -0.39 is 0 Å². The third-order valence-electron chi connectivity index (χ3n) is 5.18. The molecule has 1 aliphatic heterocycles. The standard InChI is InChI=1S/C21H23NO3/c1-22-11-9-17-15(7-8-19(23-2)21(17)24-3)18(13-22)16-6-4-5-14-10-12-25-20(14)16/h4-8,10,12,18H,9,11,13H2,1-3H3. The van der Waals surface area contributed by atoms with Crippen LogP contribution in [0.15, 0.2) is 47.1 Å². The molecule has 2 heterocycles. The van der Waals surface area contributed by atoms with Gasteiger partial charge in [0.2, 0.25) is 0 Å². The zero-order valence-corrected chi connectivity index (χ0v) is 14.9. The van der Waals surface area contributed by atoms with Gasteiger partial charge in [0.05, 0.1) is 20.5 Å². The van der Waals surface area contributed by atoms with E-state index in [0.29, 0.717) is 0 Å². The molecule has 0 radical (unpaired) electrons. The summed E-state index contributed by atoms with van der Waals surface area (Å²) < 4.78 is 17.0. The van der Waals surface area contributed by atoms with E-state index in [1.54, 1.807) is 20.5 Å². The van der Waals surface area contributed by atoms with Crippen LogP contribution in [0.25, 0.3) is 11.0 Å². The highest BCUT2D eigenvalue weighted by Crippen LogP contribution is 2.42. The quantitative estimate of drug-likeness (QED) is 0.722. The molecule has 4 rings (SSSR count). The summed E-state index contributed by atoms with van der Waals surface area (Å²) in [5.41, 5.74) is 4.74. The van der Waals surface area contributed by atoms with Gasteiger partial charge >= 0.3 is 0 Å². The Morgan fingerprint density at radius 2 is 1.92 bits per heavy atom. The SMILES string of the molecule is COc1ccc2c(c1OC)CCN(C)CC2c1cccc2ccoc12. The summed E-state index contributed by atoms with van der Waals surface area (Å²) in [6.07, 6.45) is 2.71.